The largest absolute Gasteiger partial charge is 0.495 e. The van der Waals surface area contributed by atoms with E-state index in [4.69, 9.17) is 16.3 Å². The predicted octanol–water partition coefficient (Wildman–Crippen LogP) is 3.93. The maximum absolute atomic E-state index is 13.0. The lowest BCUT2D eigenvalue weighted by Gasteiger charge is -2.11. The summed E-state index contributed by atoms with van der Waals surface area (Å²) in [7, 11) is 1.52. The molecule has 1 amide bonds. The van der Waals surface area contributed by atoms with E-state index < -0.39 is 0 Å². The van der Waals surface area contributed by atoms with Crippen LogP contribution in [0, 0.1) is 5.82 Å². The predicted molar refractivity (Wildman–Crippen MR) is 86.1 cm³/mol. The third-order valence-electron chi connectivity index (χ3n) is 2.94. The van der Waals surface area contributed by atoms with E-state index in [0.29, 0.717) is 28.7 Å². The van der Waals surface area contributed by atoms with E-state index in [0.717, 1.165) is 0 Å². The summed E-state index contributed by atoms with van der Waals surface area (Å²) < 4.78 is 18.2. The Labute approximate surface area is 133 Å². The van der Waals surface area contributed by atoms with Gasteiger partial charge in [-0.25, -0.2) is 4.39 Å². The van der Waals surface area contributed by atoms with E-state index in [-0.39, 0.29) is 18.1 Å². The Morgan fingerprint density at radius 3 is 2.82 bits per heavy atom. The minimum atomic E-state index is -0.321. The lowest BCUT2D eigenvalue weighted by Crippen LogP contribution is -2.16. The van der Waals surface area contributed by atoms with Crippen LogP contribution in [-0.2, 0) is 4.79 Å². The third kappa shape index (κ3) is 4.63. The Hall–Kier alpha value is -2.27. The van der Waals surface area contributed by atoms with Crippen molar-refractivity contribution in [1.29, 1.82) is 0 Å². The van der Waals surface area contributed by atoms with Crippen LogP contribution >= 0.6 is 11.6 Å². The zero-order valence-corrected chi connectivity index (χ0v) is 12.8. The molecule has 0 atom stereocenters. The van der Waals surface area contributed by atoms with Crippen LogP contribution in [0.3, 0.4) is 0 Å². The number of halogens is 2. The van der Waals surface area contributed by atoms with Gasteiger partial charge in [0.25, 0.3) is 0 Å². The molecule has 0 saturated heterocycles. The van der Waals surface area contributed by atoms with Crippen LogP contribution in [0.5, 0.6) is 5.75 Å². The van der Waals surface area contributed by atoms with Crippen molar-refractivity contribution in [3.05, 3.63) is 53.3 Å². The second kappa shape index (κ2) is 7.66. The highest BCUT2D eigenvalue weighted by Crippen LogP contribution is 2.27. The highest BCUT2D eigenvalue weighted by atomic mass is 35.5. The Bertz CT molecular complexity index is 664. The van der Waals surface area contributed by atoms with Gasteiger partial charge in [0.15, 0.2) is 0 Å². The molecule has 0 bridgehead atoms. The van der Waals surface area contributed by atoms with Gasteiger partial charge in [-0.05, 0) is 36.4 Å². The molecule has 0 saturated carbocycles. The molecule has 0 unspecified atom stereocenters. The number of carbonyl (C=O) groups excluding carboxylic acids is 1. The van der Waals surface area contributed by atoms with Crippen LogP contribution in [0.2, 0.25) is 5.02 Å². The zero-order chi connectivity index (χ0) is 15.9. The summed E-state index contributed by atoms with van der Waals surface area (Å²) in [5.41, 5.74) is 1.15. The lowest BCUT2D eigenvalue weighted by atomic mass is 10.2. The van der Waals surface area contributed by atoms with E-state index in [1.54, 1.807) is 30.3 Å². The first-order valence-electron chi connectivity index (χ1n) is 6.71. The topological polar surface area (TPSA) is 50.4 Å². The van der Waals surface area contributed by atoms with Crippen molar-refractivity contribution in [2.45, 2.75) is 6.42 Å². The molecule has 0 spiro atoms. The molecule has 0 aliphatic carbocycles. The maximum Gasteiger partial charge on any atom is 0.226 e. The number of hydrogen-bond donors (Lipinski definition) is 2. The van der Waals surface area contributed by atoms with Gasteiger partial charge >= 0.3 is 0 Å². The fourth-order valence-electron chi connectivity index (χ4n) is 1.91. The summed E-state index contributed by atoms with van der Waals surface area (Å²) in [5.74, 6) is 0.0263. The SMILES string of the molecule is COc1ccc(Cl)cc1NC(=O)CCNc1cccc(F)c1. The first kappa shape index (κ1) is 16.1. The van der Waals surface area contributed by atoms with Gasteiger partial charge in [0.2, 0.25) is 5.91 Å². The van der Waals surface area contributed by atoms with Crippen LogP contribution in [0.25, 0.3) is 0 Å². The molecule has 4 nitrogen and oxygen atoms in total. The smallest absolute Gasteiger partial charge is 0.226 e. The molecule has 22 heavy (non-hydrogen) atoms. The molecule has 6 heteroatoms. The van der Waals surface area contributed by atoms with E-state index >= 15 is 0 Å². The Kier molecular flexibility index (Phi) is 5.61. The first-order chi connectivity index (χ1) is 10.6. The highest BCUT2D eigenvalue weighted by molar-refractivity contribution is 6.31. The standard InChI is InChI=1S/C16H16ClFN2O2/c1-22-15-6-5-11(17)9-14(15)20-16(21)7-8-19-13-4-2-3-12(18)10-13/h2-6,9-10,19H,7-8H2,1H3,(H,20,21). The highest BCUT2D eigenvalue weighted by Gasteiger charge is 2.08. The zero-order valence-electron chi connectivity index (χ0n) is 12.0. The van der Waals surface area contributed by atoms with Crippen molar-refractivity contribution in [1.82, 2.24) is 0 Å². The van der Waals surface area contributed by atoms with Gasteiger partial charge in [-0.2, -0.15) is 0 Å². The number of carbonyl (C=O) groups is 1. The van der Waals surface area contributed by atoms with Gasteiger partial charge in [-0.3, -0.25) is 4.79 Å². The Balaban J connectivity index is 1.87. The molecule has 116 valence electrons. The third-order valence-corrected chi connectivity index (χ3v) is 3.18. The number of methoxy groups -OCH3 is 1. The minimum Gasteiger partial charge on any atom is -0.495 e. The van der Waals surface area contributed by atoms with Crippen LogP contribution in [0.4, 0.5) is 15.8 Å². The summed E-state index contributed by atoms with van der Waals surface area (Å²) in [6.45, 7) is 0.387. The fraction of sp³-hybridized carbons (Fsp3) is 0.188. The Morgan fingerprint density at radius 1 is 1.27 bits per heavy atom. The van der Waals surface area contributed by atoms with E-state index in [1.165, 1.54) is 19.2 Å². The lowest BCUT2D eigenvalue weighted by molar-refractivity contribution is -0.115. The molecule has 0 fully saturated rings. The maximum atomic E-state index is 13.0. The van der Waals surface area contributed by atoms with Gasteiger partial charge in [-0.15, -0.1) is 0 Å². The molecular formula is C16H16ClFN2O2. The number of benzene rings is 2. The van der Waals surface area contributed by atoms with Crippen LogP contribution in [-0.4, -0.2) is 19.6 Å². The second-order valence-corrected chi connectivity index (χ2v) is 5.02. The molecule has 0 aliphatic rings. The number of hydrogen-bond acceptors (Lipinski definition) is 3. The minimum absolute atomic E-state index is 0.190. The summed E-state index contributed by atoms with van der Waals surface area (Å²) in [6.07, 6.45) is 0.228. The monoisotopic (exact) mass is 322 g/mol. The summed E-state index contributed by atoms with van der Waals surface area (Å²) in [4.78, 5) is 11.9. The molecule has 2 N–H and O–H groups in total. The van der Waals surface area contributed by atoms with Crippen LogP contribution in [0.15, 0.2) is 42.5 Å². The first-order valence-corrected chi connectivity index (χ1v) is 7.09. The number of rotatable bonds is 6. The Morgan fingerprint density at radius 2 is 2.09 bits per heavy atom. The number of ether oxygens (including phenoxy) is 1. The van der Waals surface area contributed by atoms with Crippen molar-refractivity contribution < 1.29 is 13.9 Å². The summed E-state index contributed by atoms with van der Waals surface area (Å²) >= 11 is 5.90. The van der Waals surface area contributed by atoms with E-state index in [1.807, 2.05) is 0 Å². The summed E-state index contributed by atoms with van der Waals surface area (Å²) in [6, 6.07) is 11.1. The van der Waals surface area contributed by atoms with Gasteiger partial charge in [0.05, 0.1) is 12.8 Å². The van der Waals surface area contributed by atoms with Crippen molar-refractivity contribution >= 4 is 28.9 Å². The average molecular weight is 323 g/mol. The molecule has 0 aliphatic heterocycles. The molecule has 0 heterocycles. The average Bonchev–Trinajstić information content (AvgIpc) is 2.47. The molecule has 2 aromatic carbocycles. The van der Waals surface area contributed by atoms with Gasteiger partial charge in [-0.1, -0.05) is 17.7 Å². The molecule has 2 aromatic rings. The van der Waals surface area contributed by atoms with Gasteiger partial charge < -0.3 is 15.4 Å². The van der Waals surface area contributed by atoms with Crippen molar-refractivity contribution in [2.75, 3.05) is 24.3 Å². The van der Waals surface area contributed by atoms with Crippen molar-refractivity contribution in [3.8, 4) is 5.75 Å². The number of nitrogens with one attached hydrogen (secondary N) is 2. The van der Waals surface area contributed by atoms with Crippen molar-refractivity contribution in [3.63, 3.8) is 0 Å². The molecule has 2 rings (SSSR count). The molecule has 0 radical (unpaired) electrons. The number of anilines is 2. The molecular weight excluding hydrogens is 307 g/mol. The van der Waals surface area contributed by atoms with Gasteiger partial charge in [0, 0.05) is 23.7 Å². The second-order valence-electron chi connectivity index (χ2n) is 4.58. The van der Waals surface area contributed by atoms with Crippen LogP contribution < -0.4 is 15.4 Å². The number of amides is 1. The van der Waals surface area contributed by atoms with Crippen LogP contribution in [0.1, 0.15) is 6.42 Å². The van der Waals surface area contributed by atoms with Gasteiger partial charge in [0.1, 0.15) is 11.6 Å². The van der Waals surface area contributed by atoms with Crippen molar-refractivity contribution in [2.24, 2.45) is 0 Å². The summed E-state index contributed by atoms with van der Waals surface area (Å²) in [5, 5.41) is 6.23. The van der Waals surface area contributed by atoms with E-state index in [2.05, 4.69) is 10.6 Å². The van der Waals surface area contributed by atoms with E-state index in [9.17, 15) is 9.18 Å². The normalized spacial score (nSPS) is 10.1. The fourth-order valence-corrected chi connectivity index (χ4v) is 2.08. The quantitative estimate of drug-likeness (QED) is 0.847. The molecule has 0 aromatic heterocycles.